The maximum absolute atomic E-state index is 12.7. The number of carboxylic acid groups (broad SMARTS) is 1. The molecule has 1 amide bonds. The van der Waals surface area contributed by atoms with Crippen molar-refractivity contribution in [3.63, 3.8) is 0 Å². The number of aromatic carboxylic acids is 1. The third-order valence-corrected chi connectivity index (χ3v) is 3.62. The number of anilines is 1. The van der Waals surface area contributed by atoms with Gasteiger partial charge in [-0.25, -0.2) is 14.2 Å². The van der Waals surface area contributed by atoms with Gasteiger partial charge in [0.05, 0.1) is 12.1 Å². The van der Waals surface area contributed by atoms with Crippen LogP contribution in [-0.4, -0.2) is 22.0 Å². The number of hydrogen-bond acceptors (Lipinski definition) is 4. The van der Waals surface area contributed by atoms with E-state index in [-0.39, 0.29) is 23.0 Å². The molecule has 0 spiro atoms. The van der Waals surface area contributed by atoms with Gasteiger partial charge < -0.3 is 10.4 Å². The van der Waals surface area contributed by atoms with Crippen LogP contribution in [0, 0.1) is 12.7 Å². The lowest BCUT2D eigenvalue weighted by Crippen LogP contribution is -2.14. The molecule has 0 unspecified atom stereocenters. The molecule has 0 radical (unpaired) electrons. The van der Waals surface area contributed by atoms with E-state index < -0.39 is 5.97 Å². The minimum absolute atomic E-state index is 0.0177. The number of halogens is 1. The van der Waals surface area contributed by atoms with Gasteiger partial charge in [-0.3, -0.25) is 4.79 Å². The number of nitrogens with one attached hydrogen (secondary N) is 1. The highest BCUT2D eigenvalue weighted by Crippen LogP contribution is 2.19. The summed E-state index contributed by atoms with van der Waals surface area (Å²) in [4.78, 5) is 26.8. The van der Waals surface area contributed by atoms with Crippen molar-refractivity contribution in [3.05, 3.63) is 45.7 Å². The first-order valence-electron chi connectivity index (χ1n) is 5.70. The summed E-state index contributed by atoms with van der Waals surface area (Å²) in [5.41, 5.74) is 0.871. The molecule has 5 nitrogen and oxygen atoms in total. The lowest BCUT2D eigenvalue weighted by Gasteiger charge is -2.03. The lowest BCUT2D eigenvalue weighted by atomic mass is 10.3. The molecule has 1 aromatic heterocycles. The molecule has 0 atom stereocenters. The van der Waals surface area contributed by atoms with Crippen LogP contribution < -0.4 is 5.32 Å². The lowest BCUT2D eigenvalue weighted by molar-refractivity contribution is -0.115. The minimum Gasteiger partial charge on any atom is -0.477 e. The van der Waals surface area contributed by atoms with Crippen LogP contribution in [0.3, 0.4) is 0 Å². The summed E-state index contributed by atoms with van der Waals surface area (Å²) in [6.45, 7) is 1.58. The topological polar surface area (TPSA) is 79.3 Å². The molecule has 2 N–H and O–H groups in total. The zero-order valence-corrected chi connectivity index (χ0v) is 11.3. The number of carboxylic acids is 1. The fourth-order valence-electron chi connectivity index (χ4n) is 1.60. The van der Waals surface area contributed by atoms with E-state index in [1.165, 1.54) is 24.3 Å². The molecule has 0 saturated carbocycles. The minimum atomic E-state index is -1.05. The van der Waals surface area contributed by atoms with Crippen molar-refractivity contribution in [3.8, 4) is 0 Å². The summed E-state index contributed by atoms with van der Waals surface area (Å²) in [5.74, 6) is -1.77. The van der Waals surface area contributed by atoms with Crippen LogP contribution in [0.2, 0.25) is 0 Å². The van der Waals surface area contributed by atoms with Crippen LogP contribution in [0.1, 0.15) is 20.4 Å². The largest absolute Gasteiger partial charge is 0.477 e. The van der Waals surface area contributed by atoms with Crippen LogP contribution in [0.25, 0.3) is 0 Å². The number of carbonyl (C=O) groups excluding carboxylic acids is 1. The van der Waals surface area contributed by atoms with Crippen LogP contribution in [0.4, 0.5) is 10.1 Å². The maximum Gasteiger partial charge on any atom is 0.347 e. The molecule has 104 valence electrons. The van der Waals surface area contributed by atoms with Crippen molar-refractivity contribution < 1.29 is 19.1 Å². The summed E-state index contributed by atoms with van der Waals surface area (Å²) < 4.78 is 12.7. The SMILES string of the molecule is Cc1nc(CC(=O)Nc2ccc(F)cc2)sc1C(=O)O. The molecule has 7 heteroatoms. The molecule has 1 aromatic carbocycles. The first-order valence-corrected chi connectivity index (χ1v) is 6.52. The van der Waals surface area contributed by atoms with Crippen molar-refractivity contribution in [1.82, 2.24) is 4.98 Å². The highest BCUT2D eigenvalue weighted by Gasteiger charge is 2.15. The summed E-state index contributed by atoms with van der Waals surface area (Å²) in [5, 5.41) is 11.9. The van der Waals surface area contributed by atoms with Gasteiger partial charge in [0.2, 0.25) is 5.91 Å². The highest BCUT2D eigenvalue weighted by atomic mass is 32.1. The molecule has 0 aliphatic heterocycles. The predicted octanol–water partition coefficient (Wildman–Crippen LogP) is 2.47. The Bertz CT molecular complexity index is 652. The van der Waals surface area contributed by atoms with Gasteiger partial charge in [0, 0.05) is 5.69 Å². The van der Waals surface area contributed by atoms with Crippen molar-refractivity contribution in [1.29, 1.82) is 0 Å². The van der Waals surface area contributed by atoms with Crippen LogP contribution in [0.5, 0.6) is 0 Å². The smallest absolute Gasteiger partial charge is 0.347 e. The van der Waals surface area contributed by atoms with E-state index in [0.29, 0.717) is 16.4 Å². The van der Waals surface area contributed by atoms with Crippen molar-refractivity contribution in [2.45, 2.75) is 13.3 Å². The van der Waals surface area contributed by atoms with Crippen LogP contribution in [-0.2, 0) is 11.2 Å². The van der Waals surface area contributed by atoms with E-state index in [4.69, 9.17) is 5.11 Å². The van der Waals surface area contributed by atoms with E-state index in [9.17, 15) is 14.0 Å². The second-order valence-electron chi connectivity index (χ2n) is 4.06. The van der Waals surface area contributed by atoms with Gasteiger partial charge in [-0.1, -0.05) is 0 Å². The Kier molecular flexibility index (Phi) is 4.09. The number of amides is 1. The van der Waals surface area contributed by atoms with E-state index in [1.54, 1.807) is 6.92 Å². The normalized spacial score (nSPS) is 10.3. The first kappa shape index (κ1) is 14.1. The Morgan fingerprint density at radius 2 is 2.00 bits per heavy atom. The summed E-state index contributed by atoms with van der Waals surface area (Å²) in [6.07, 6.45) is -0.0177. The fourth-order valence-corrected chi connectivity index (χ4v) is 2.50. The Hall–Kier alpha value is -2.28. The predicted molar refractivity (Wildman–Crippen MR) is 72.5 cm³/mol. The standard InChI is InChI=1S/C13H11FN2O3S/c1-7-12(13(18)19)20-11(15-7)6-10(17)16-9-4-2-8(14)3-5-9/h2-5H,6H2,1H3,(H,16,17)(H,18,19). The molecular formula is C13H11FN2O3S. The maximum atomic E-state index is 12.7. The molecule has 2 rings (SSSR count). The van der Waals surface area contributed by atoms with Crippen molar-refractivity contribution in [2.75, 3.05) is 5.32 Å². The summed E-state index contributed by atoms with van der Waals surface area (Å²) >= 11 is 0.977. The number of hydrogen-bond donors (Lipinski definition) is 2. The Labute approximate surface area is 118 Å². The quantitative estimate of drug-likeness (QED) is 0.908. The zero-order valence-electron chi connectivity index (χ0n) is 10.5. The number of aryl methyl sites for hydroxylation is 1. The van der Waals surface area contributed by atoms with Gasteiger partial charge in [-0.2, -0.15) is 0 Å². The second kappa shape index (κ2) is 5.79. The molecular weight excluding hydrogens is 283 g/mol. The zero-order chi connectivity index (χ0) is 14.7. The molecule has 20 heavy (non-hydrogen) atoms. The van der Waals surface area contributed by atoms with Crippen molar-refractivity contribution in [2.24, 2.45) is 0 Å². The van der Waals surface area contributed by atoms with Crippen molar-refractivity contribution >= 4 is 28.9 Å². The Balaban J connectivity index is 2.03. The third-order valence-electron chi connectivity index (χ3n) is 2.47. The van der Waals surface area contributed by atoms with E-state index in [1.807, 2.05) is 0 Å². The van der Waals surface area contributed by atoms with E-state index in [0.717, 1.165) is 11.3 Å². The number of carbonyl (C=O) groups is 2. The highest BCUT2D eigenvalue weighted by molar-refractivity contribution is 7.13. The van der Waals surface area contributed by atoms with Gasteiger partial charge in [0.1, 0.15) is 15.7 Å². The van der Waals surface area contributed by atoms with Gasteiger partial charge in [0.15, 0.2) is 0 Å². The summed E-state index contributed by atoms with van der Waals surface area (Å²) in [6, 6.07) is 5.38. The van der Waals surface area contributed by atoms with Crippen LogP contribution in [0.15, 0.2) is 24.3 Å². The summed E-state index contributed by atoms with van der Waals surface area (Å²) in [7, 11) is 0. The molecule has 0 bridgehead atoms. The molecule has 0 aliphatic carbocycles. The van der Waals surface area contributed by atoms with Gasteiger partial charge in [-0.15, -0.1) is 11.3 Å². The van der Waals surface area contributed by atoms with E-state index in [2.05, 4.69) is 10.3 Å². The molecule has 0 aliphatic rings. The molecule has 2 aromatic rings. The fraction of sp³-hybridized carbons (Fsp3) is 0.154. The Morgan fingerprint density at radius 3 is 2.55 bits per heavy atom. The van der Waals surface area contributed by atoms with Gasteiger partial charge >= 0.3 is 5.97 Å². The van der Waals surface area contributed by atoms with Gasteiger partial charge in [0.25, 0.3) is 0 Å². The number of aromatic nitrogens is 1. The third kappa shape index (κ3) is 3.39. The number of rotatable bonds is 4. The molecule has 0 saturated heterocycles. The molecule has 1 heterocycles. The molecule has 0 fully saturated rings. The number of thiazole rings is 1. The van der Waals surface area contributed by atoms with Crippen LogP contribution >= 0.6 is 11.3 Å². The first-order chi connectivity index (χ1) is 9.45. The van der Waals surface area contributed by atoms with E-state index >= 15 is 0 Å². The monoisotopic (exact) mass is 294 g/mol. The van der Waals surface area contributed by atoms with Gasteiger partial charge in [-0.05, 0) is 31.2 Å². The average molecular weight is 294 g/mol. The average Bonchev–Trinajstić information content (AvgIpc) is 2.73. The Morgan fingerprint density at radius 1 is 1.35 bits per heavy atom. The number of benzene rings is 1. The second-order valence-corrected chi connectivity index (χ2v) is 5.14. The number of nitrogens with zero attached hydrogens (tertiary/aromatic N) is 1.